The summed E-state index contributed by atoms with van der Waals surface area (Å²) in [7, 11) is 0. The van der Waals surface area contributed by atoms with Crippen molar-refractivity contribution in [1.29, 1.82) is 0 Å². The molecule has 0 bridgehead atoms. The SMILES string of the molecule is Cc1cc(C(=O)NCCC2CCCCO2)ccc1Cl. The highest BCUT2D eigenvalue weighted by molar-refractivity contribution is 6.31. The molecule has 19 heavy (non-hydrogen) atoms. The maximum atomic E-state index is 12.0. The number of hydrogen-bond donors (Lipinski definition) is 1. The minimum absolute atomic E-state index is 0.0458. The van der Waals surface area contributed by atoms with Crippen molar-refractivity contribution >= 4 is 17.5 Å². The first-order chi connectivity index (χ1) is 9.16. The minimum Gasteiger partial charge on any atom is -0.378 e. The number of carbonyl (C=O) groups excluding carboxylic acids is 1. The van der Waals surface area contributed by atoms with Crippen LogP contribution in [0.1, 0.15) is 41.6 Å². The van der Waals surface area contributed by atoms with Gasteiger partial charge in [0, 0.05) is 23.7 Å². The number of nitrogens with one attached hydrogen (secondary N) is 1. The normalized spacial score (nSPS) is 19.2. The Balaban J connectivity index is 1.78. The smallest absolute Gasteiger partial charge is 0.251 e. The highest BCUT2D eigenvalue weighted by Crippen LogP contribution is 2.17. The van der Waals surface area contributed by atoms with Crippen LogP contribution in [0.5, 0.6) is 0 Å². The van der Waals surface area contributed by atoms with E-state index >= 15 is 0 Å². The van der Waals surface area contributed by atoms with E-state index in [4.69, 9.17) is 16.3 Å². The van der Waals surface area contributed by atoms with Crippen molar-refractivity contribution in [2.75, 3.05) is 13.2 Å². The summed E-state index contributed by atoms with van der Waals surface area (Å²) in [4.78, 5) is 12.0. The van der Waals surface area contributed by atoms with Crippen molar-refractivity contribution in [2.45, 2.75) is 38.7 Å². The molecule has 0 spiro atoms. The van der Waals surface area contributed by atoms with E-state index in [2.05, 4.69) is 5.32 Å². The van der Waals surface area contributed by atoms with Crippen LogP contribution in [0.2, 0.25) is 5.02 Å². The lowest BCUT2D eigenvalue weighted by Gasteiger charge is -2.22. The molecule has 1 unspecified atom stereocenters. The first-order valence-corrected chi connectivity index (χ1v) is 7.20. The van der Waals surface area contributed by atoms with Gasteiger partial charge in [0.25, 0.3) is 5.91 Å². The van der Waals surface area contributed by atoms with Gasteiger partial charge in [-0.3, -0.25) is 4.79 Å². The number of aryl methyl sites for hydroxylation is 1. The van der Waals surface area contributed by atoms with E-state index in [0.29, 0.717) is 23.2 Å². The molecule has 0 aliphatic carbocycles. The Hall–Kier alpha value is -1.06. The summed E-state index contributed by atoms with van der Waals surface area (Å²) in [6.07, 6.45) is 4.69. The quantitative estimate of drug-likeness (QED) is 0.919. The second kappa shape index (κ2) is 6.92. The molecule has 0 aromatic heterocycles. The largest absolute Gasteiger partial charge is 0.378 e. The average molecular weight is 282 g/mol. The van der Waals surface area contributed by atoms with Crippen LogP contribution >= 0.6 is 11.6 Å². The first-order valence-electron chi connectivity index (χ1n) is 6.83. The molecular formula is C15H20ClNO2. The zero-order valence-corrected chi connectivity index (χ0v) is 12.0. The minimum atomic E-state index is -0.0458. The number of benzene rings is 1. The summed E-state index contributed by atoms with van der Waals surface area (Å²) in [5.41, 5.74) is 1.58. The van der Waals surface area contributed by atoms with Crippen molar-refractivity contribution in [3.05, 3.63) is 34.3 Å². The van der Waals surface area contributed by atoms with Gasteiger partial charge in [-0.2, -0.15) is 0 Å². The van der Waals surface area contributed by atoms with Crippen molar-refractivity contribution in [1.82, 2.24) is 5.32 Å². The van der Waals surface area contributed by atoms with Crippen molar-refractivity contribution in [2.24, 2.45) is 0 Å². The van der Waals surface area contributed by atoms with Gasteiger partial charge in [-0.15, -0.1) is 0 Å². The Morgan fingerprint density at radius 1 is 1.47 bits per heavy atom. The molecule has 1 aromatic carbocycles. The predicted octanol–water partition coefficient (Wildman–Crippen LogP) is 3.34. The van der Waals surface area contributed by atoms with Gasteiger partial charge in [-0.25, -0.2) is 0 Å². The van der Waals surface area contributed by atoms with Crippen LogP contribution in [-0.4, -0.2) is 25.2 Å². The molecule has 1 saturated heterocycles. The first kappa shape index (κ1) is 14.4. The van der Waals surface area contributed by atoms with Gasteiger partial charge in [-0.1, -0.05) is 11.6 Å². The number of rotatable bonds is 4. The van der Waals surface area contributed by atoms with E-state index < -0.39 is 0 Å². The van der Waals surface area contributed by atoms with E-state index in [1.165, 1.54) is 6.42 Å². The molecule has 104 valence electrons. The molecule has 0 radical (unpaired) electrons. The second-order valence-corrected chi connectivity index (χ2v) is 5.40. The predicted molar refractivity (Wildman–Crippen MR) is 76.7 cm³/mol. The van der Waals surface area contributed by atoms with Gasteiger partial charge in [0.1, 0.15) is 0 Å². The fraction of sp³-hybridized carbons (Fsp3) is 0.533. The Bertz CT molecular complexity index is 442. The summed E-state index contributed by atoms with van der Waals surface area (Å²) in [5, 5.41) is 3.62. The van der Waals surface area contributed by atoms with E-state index in [1.54, 1.807) is 12.1 Å². The van der Waals surface area contributed by atoms with Crippen LogP contribution < -0.4 is 5.32 Å². The van der Waals surface area contributed by atoms with Crippen LogP contribution in [0.25, 0.3) is 0 Å². The third-order valence-electron chi connectivity index (χ3n) is 3.45. The van der Waals surface area contributed by atoms with Gasteiger partial charge in [-0.05, 0) is 56.4 Å². The maximum absolute atomic E-state index is 12.0. The standard InChI is InChI=1S/C15H20ClNO2/c1-11-10-12(5-6-14(11)16)15(18)17-8-7-13-4-2-3-9-19-13/h5-6,10,13H,2-4,7-9H2,1H3,(H,17,18). The lowest BCUT2D eigenvalue weighted by Crippen LogP contribution is -2.29. The Labute approximate surface area is 119 Å². The average Bonchev–Trinajstić information content (AvgIpc) is 2.43. The molecule has 1 amide bonds. The number of halogens is 1. The molecule has 1 fully saturated rings. The second-order valence-electron chi connectivity index (χ2n) is 5.00. The van der Waals surface area contributed by atoms with Crippen molar-refractivity contribution in [3.8, 4) is 0 Å². The molecule has 1 heterocycles. The number of ether oxygens (including phenoxy) is 1. The number of amides is 1. The summed E-state index contributed by atoms with van der Waals surface area (Å²) in [6, 6.07) is 5.33. The topological polar surface area (TPSA) is 38.3 Å². The van der Waals surface area contributed by atoms with E-state index in [0.717, 1.165) is 31.4 Å². The molecule has 0 saturated carbocycles. The summed E-state index contributed by atoms with van der Waals surface area (Å²) in [5.74, 6) is -0.0458. The lowest BCUT2D eigenvalue weighted by atomic mass is 10.1. The molecular weight excluding hydrogens is 262 g/mol. The highest BCUT2D eigenvalue weighted by atomic mass is 35.5. The molecule has 2 rings (SSSR count). The van der Waals surface area contributed by atoms with Gasteiger partial charge < -0.3 is 10.1 Å². The fourth-order valence-electron chi connectivity index (χ4n) is 2.27. The number of carbonyl (C=O) groups is 1. The summed E-state index contributed by atoms with van der Waals surface area (Å²) < 4.78 is 5.63. The van der Waals surface area contributed by atoms with Crippen LogP contribution in [0.4, 0.5) is 0 Å². The maximum Gasteiger partial charge on any atom is 0.251 e. The van der Waals surface area contributed by atoms with Crippen LogP contribution in [-0.2, 0) is 4.74 Å². The zero-order valence-electron chi connectivity index (χ0n) is 11.2. The molecule has 1 aromatic rings. The molecule has 1 aliphatic rings. The molecule has 3 nitrogen and oxygen atoms in total. The number of hydrogen-bond acceptors (Lipinski definition) is 2. The van der Waals surface area contributed by atoms with Crippen LogP contribution in [0, 0.1) is 6.92 Å². The monoisotopic (exact) mass is 281 g/mol. The summed E-state index contributed by atoms with van der Waals surface area (Å²) in [6.45, 7) is 3.41. The Kier molecular flexibility index (Phi) is 5.23. The zero-order chi connectivity index (χ0) is 13.7. The van der Waals surface area contributed by atoms with Crippen molar-refractivity contribution < 1.29 is 9.53 Å². The van der Waals surface area contributed by atoms with Gasteiger partial charge >= 0.3 is 0 Å². The molecule has 4 heteroatoms. The van der Waals surface area contributed by atoms with Gasteiger partial charge in [0.05, 0.1) is 6.10 Å². The Morgan fingerprint density at radius 2 is 2.32 bits per heavy atom. The lowest BCUT2D eigenvalue weighted by molar-refractivity contribution is 0.0117. The van der Waals surface area contributed by atoms with Gasteiger partial charge in [0.2, 0.25) is 0 Å². The fourth-order valence-corrected chi connectivity index (χ4v) is 2.39. The molecule has 1 aliphatic heterocycles. The highest BCUT2D eigenvalue weighted by Gasteiger charge is 2.14. The van der Waals surface area contributed by atoms with Gasteiger partial charge in [0.15, 0.2) is 0 Å². The molecule has 1 atom stereocenters. The third kappa shape index (κ3) is 4.22. The summed E-state index contributed by atoms with van der Waals surface area (Å²) >= 11 is 5.94. The Morgan fingerprint density at radius 3 is 3.00 bits per heavy atom. The van der Waals surface area contributed by atoms with E-state index in [-0.39, 0.29) is 5.91 Å². The third-order valence-corrected chi connectivity index (χ3v) is 3.87. The van der Waals surface area contributed by atoms with E-state index in [9.17, 15) is 4.79 Å². The van der Waals surface area contributed by atoms with Crippen LogP contribution in [0.3, 0.4) is 0 Å². The van der Waals surface area contributed by atoms with Crippen LogP contribution in [0.15, 0.2) is 18.2 Å². The van der Waals surface area contributed by atoms with Crippen molar-refractivity contribution in [3.63, 3.8) is 0 Å². The van der Waals surface area contributed by atoms with E-state index in [1.807, 2.05) is 13.0 Å². The molecule has 1 N–H and O–H groups in total.